The maximum absolute atomic E-state index is 11.9. The van der Waals surface area contributed by atoms with Gasteiger partial charge in [0, 0.05) is 55.9 Å². The molecule has 3 rings (SSSR count). The third-order valence-electron chi connectivity index (χ3n) is 4.68. The number of nitrogens with one attached hydrogen (secondary N) is 1. The van der Waals surface area contributed by atoms with Crippen LogP contribution in [0.25, 0.3) is 0 Å². The van der Waals surface area contributed by atoms with E-state index in [1.54, 1.807) is 19.3 Å². The molecule has 2 aromatic rings. The molecule has 1 aliphatic heterocycles. The van der Waals surface area contributed by atoms with Gasteiger partial charge in [0.15, 0.2) is 0 Å². The number of aryl methyl sites for hydroxylation is 1. The van der Waals surface area contributed by atoms with Gasteiger partial charge in [-0.2, -0.15) is 0 Å². The second-order valence-electron chi connectivity index (χ2n) is 6.47. The number of aliphatic hydroxyl groups is 1. The van der Waals surface area contributed by atoms with Crippen molar-refractivity contribution in [3.63, 3.8) is 0 Å². The molecular weight excluding hydrogens is 352 g/mol. The highest BCUT2D eigenvalue weighted by Gasteiger charge is 2.33. The highest BCUT2D eigenvalue weighted by molar-refractivity contribution is 5.32. The second-order valence-corrected chi connectivity index (χ2v) is 6.47. The van der Waals surface area contributed by atoms with Crippen LogP contribution in [0.5, 0.6) is 0 Å². The summed E-state index contributed by atoms with van der Waals surface area (Å²) in [5, 5.41) is 17.7. The molecule has 0 amide bonds. The molecule has 9 nitrogen and oxygen atoms in total. The first kappa shape index (κ1) is 20.5. The van der Waals surface area contributed by atoms with E-state index in [9.17, 15) is 14.7 Å². The summed E-state index contributed by atoms with van der Waals surface area (Å²) in [5.41, 5.74) is -0.0799. The number of H-pyrrole nitrogens is 1. The number of carbonyl (C=O) groups is 1. The number of piperidine rings is 1. The number of aromatic amines is 1. The lowest BCUT2D eigenvalue weighted by atomic mass is 9.85. The first-order valence-corrected chi connectivity index (χ1v) is 8.63. The predicted molar refractivity (Wildman–Crippen MR) is 98.6 cm³/mol. The quantitative estimate of drug-likeness (QED) is 0.637. The van der Waals surface area contributed by atoms with Crippen LogP contribution in [0.3, 0.4) is 0 Å². The molecule has 1 fully saturated rings. The number of nitrogens with zero attached hydrogens (tertiary/aromatic N) is 3. The molecule has 9 heteroatoms. The van der Waals surface area contributed by atoms with Gasteiger partial charge < -0.3 is 20.1 Å². The average Bonchev–Trinajstić information content (AvgIpc) is 2.64. The van der Waals surface area contributed by atoms with Crippen molar-refractivity contribution in [3.05, 3.63) is 62.7 Å². The number of rotatable bonds is 4. The number of hydrogen-bond acceptors (Lipinski definition) is 6. The van der Waals surface area contributed by atoms with Crippen molar-refractivity contribution < 1.29 is 15.0 Å². The Morgan fingerprint density at radius 2 is 1.96 bits per heavy atom. The van der Waals surface area contributed by atoms with Crippen molar-refractivity contribution >= 4 is 6.47 Å². The topological polar surface area (TPSA) is 129 Å². The Hall–Kier alpha value is -2.78. The molecule has 3 N–H and O–H groups in total. The van der Waals surface area contributed by atoms with Gasteiger partial charge in [-0.1, -0.05) is 6.07 Å². The Labute approximate surface area is 155 Å². The Balaban J connectivity index is 0.000000817. The zero-order chi connectivity index (χ0) is 19.9. The van der Waals surface area contributed by atoms with Gasteiger partial charge in [-0.3, -0.25) is 19.1 Å². The van der Waals surface area contributed by atoms with Crippen LogP contribution in [-0.2, 0) is 16.9 Å². The van der Waals surface area contributed by atoms with Crippen LogP contribution < -0.4 is 11.2 Å². The van der Waals surface area contributed by atoms with Gasteiger partial charge >= 0.3 is 5.69 Å². The molecule has 0 bridgehead atoms. The summed E-state index contributed by atoms with van der Waals surface area (Å²) >= 11 is 0. The minimum absolute atomic E-state index is 0.250. The van der Waals surface area contributed by atoms with E-state index in [1.165, 1.54) is 10.6 Å². The normalized spacial score (nSPS) is 16.2. The van der Waals surface area contributed by atoms with Crippen LogP contribution in [0, 0.1) is 6.92 Å². The molecule has 0 saturated carbocycles. The fourth-order valence-electron chi connectivity index (χ4n) is 3.16. The van der Waals surface area contributed by atoms with Crippen molar-refractivity contribution in [1.29, 1.82) is 0 Å². The lowest BCUT2D eigenvalue weighted by molar-refractivity contribution is -0.122. The highest BCUT2D eigenvalue weighted by Crippen LogP contribution is 2.31. The van der Waals surface area contributed by atoms with E-state index in [2.05, 4.69) is 14.9 Å². The fourth-order valence-corrected chi connectivity index (χ4v) is 3.16. The summed E-state index contributed by atoms with van der Waals surface area (Å²) in [5.74, 6) is 0. The summed E-state index contributed by atoms with van der Waals surface area (Å²) in [7, 11) is 0. The molecule has 1 saturated heterocycles. The summed E-state index contributed by atoms with van der Waals surface area (Å²) < 4.78 is 1.22. The third-order valence-corrected chi connectivity index (χ3v) is 4.68. The molecule has 146 valence electrons. The summed E-state index contributed by atoms with van der Waals surface area (Å²) in [6.07, 6.45) is 4.62. The van der Waals surface area contributed by atoms with Gasteiger partial charge in [0.25, 0.3) is 12.0 Å². The molecule has 27 heavy (non-hydrogen) atoms. The first-order chi connectivity index (χ1) is 12.9. The lowest BCUT2D eigenvalue weighted by Crippen LogP contribution is -2.45. The molecule has 2 aromatic heterocycles. The van der Waals surface area contributed by atoms with E-state index >= 15 is 0 Å². The largest absolute Gasteiger partial charge is 0.483 e. The maximum atomic E-state index is 11.9. The number of hydrogen-bond donors (Lipinski definition) is 3. The van der Waals surface area contributed by atoms with E-state index < -0.39 is 5.60 Å². The van der Waals surface area contributed by atoms with Gasteiger partial charge in [0.2, 0.25) is 0 Å². The fraction of sp³-hybridized carbons (Fsp3) is 0.444. The van der Waals surface area contributed by atoms with Gasteiger partial charge in [0.1, 0.15) is 0 Å². The molecule has 0 spiro atoms. The zero-order valence-electron chi connectivity index (χ0n) is 15.2. The van der Waals surface area contributed by atoms with Crippen LogP contribution in [0.1, 0.15) is 24.1 Å². The SMILES string of the molecule is Cc1cc(=O)n(CCN2CCC(O)(c3cccnc3)CC2)c(=O)[nH]1.O=CO. The lowest BCUT2D eigenvalue weighted by Gasteiger charge is -2.38. The van der Waals surface area contributed by atoms with Gasteiger partial charge in [0.05, 0.1) is 5.60 Å². The molecule has 0 aromatic carbocycles. The predicted octanol–water partition coefficient (Wildman–Crippen LogP) is -0.0756. The zero-order valence-corrected chi connectivity index (χ0v) is 15.2. The molecule has 0 unspecified atom stereocenters. The Morgan fingerprint density at radius 1 is 1.30 bits per heavy atom. The third kappa shape index (κ3) is 5.35. The van der Waals surface area contributed by atoms with Crippen LogP contribution in [-0.4, -0.2) is 55.8 Å². The van der Waals surface area contributed by atoms with Gasteiger partial charge in [-0.05, 0) is 25.8 Å². The van der Waals surface area contributed by atoms with E-state index in [0.29, 0.717) is 44.7 Å². The molecule has 0 atom stereocenters. The Kier molecular flexibility index (Phi) is 7.03. The number of likely N-dealkylation sites (tertiary alicyclic amines) is 1. The van der Waals surface area contributed by atoms with E-state index in [0.717, 1.165) is 5.56 Å². The summed E-state index contributed by atoms with van der Waals surface area (Å²) in [4.78, 5) is 41.0. The minimum atomic E-state index is -0.844. The Morgan fingerprint density at radius 3 is 2.52 bits per heavy atom. The van der Waals surface area contributed by atoms with Crippen molar-refractivity contribution in [2.45, 2.75) is 31.9 Å². The van der Waals surface area contributed by atoms with E-state index in [1.807, 2.05) is 12.1 Å². The standard InChI is InChI=1S/C17H22N4O3.CH2O2/c1-13-11-15(22)21(16(23)19-13)10-9-20-7-4-17(24,5-8-20)14-3-2-6-18-12-14;2-1-3/h2-3,6,11-12,24H,4-5,7-10H2,1H3,(H,19,23);1H,(H,2,3). The average molecular weight is 376 g/mol. The minimum Gasteiger partial charge on any atom is -0.483 e. The highest BCUT2D eigenvalue weighted by atomic mass is 16.3. The maximum Gasteiger partial charge on any atom is 0.328 e. The number of pyridine rings is 1. The van der Waals surface area contributed by atoms with Crippen molar-refractivity contribution in [3.8, 4) is 0 Å². The van der Waals surface area contributed by atoms with Gasteiger partial charge in [-0.25, -0.2) is 4.79 Å². The number of aromatic nitrogens is 3. The summed E-state index contributed by atoms with van der Waals surface area (Å²) in [6.45, 7) is 3.82. The van der Waals surface area contributed by atoms with Crippen molar-refractivity contribution in [2.75, 3.05) is 19.6 Å². The van der Waals surface area contributed by atoms with Gasteiger partial charge in [-0.15, -0.1) is 0 Å². The van der Waals surface area contributed by atoms with Crippen LogP contribution in [0.2, 0.25) is 0 Å². The smallest absolute Gasteiger partial charge is 0.328 e. The van der Waals surface area contributed by atoms with E-state index in [4.69, 9.17) is 9.90 Å². The molecule has 3 heterocycles. The van der Waals surface area contributed by atoms with Crippen molar-refractivity contribution in [1.82, 2.24) is 19.4 Å². The van der Waals surface area contributed by atoms with E-state index in [-0.39, 0.29) is 17.7 Å². The van der Waals surface area contributed by atoms with Crippen molar-refractivity contribution in [2.24, 2.45) is 0 Å². The molecule has 0 radical (unpaired) electrons. The van der Waals surface area contributed by atoms with Crippen LogP contribution in [0.15, 0.2) is 40.2 Å². The van der Waals surface area contributed by atoms with Crippen LogP contribution >= 0.6 is 0 Å². The second kappa shape index (κ2) is 9.24. The molecule has 1 aliphatic rings. The first-order valence-electron chi connectivity index (χ1n) is 8.63. The molecular formula is C18H24N4O5. The molecule has 0 aliphatic carbocycles. The monoisotopic (exact) mass is 376 g/mol. The Bertz CT molecular complexity index is 823. The summed E-state index contributed by atoms with van der Waals surface area (Å²) in [6, 6.07) is 5.16. The number of carboxylic acid groups (broad SMARTS) is 1. The van der Waals surface area contributed by atoms with Crippen LogP contribution in [0.4, 0.5) is 0 Å².